The van der Waals surface area contributed by atoms with Gasteiger partial charge in [-0.25, -0.2) is 4.98 Å². The van der Waals surface area contributed by atoms with Gasteiger partial charge in [-0.3, -0.25) is 4.79 Å². The highest BCUT2D eigenvalue weighted by Crippen LogP contribution is 2.31. The van der Waals surface area contributed by atoms with Gasteiger partial charge in [0.25, 0.3) is 5.91 Å². The van der Waals surface area contributed by atoms with Crippen molar-refractivity contribution in [1.29, 1.82) is 0 Å². The van der Waals surface area contributed by atoms with Crippen molar-refractivity contribution in [2.24, 2.45) is 5.92 Å². The molecule has 23 heavy (non-hydrogen) atoms. The van der Waals surface area contributed by atoms with E-state index in [1.54, 1.807) is 0 Å². The van der Waals surface area contributed by atoms with Crippen LogP contribution >= 0.6 is 22.9 Å². The highest BCUT2D eigenvalue weighted by atomic mass is 35.5. The van der Waals surface area contributed by atoms with Crippen LogP contribution in [0.5, 0.6) is 0 Å². The van der Waals surface area contributed by atoms with Crippen LogP contribution in [0.25, 0.3) is 0 Å². The van der Waals surface area contributed by atoms with Crippen LogP contribution in [0, 0.1) is 12.8 Å². The van der Waals surface area contributed by atoms with Crippen LogP contribution < -0.4 is 5.32 Å². The lowest BCUT2D eigenvalue weighted by atomic mass is 9.99. The minimum absolute atomic E-state index is 0.0601. The lowest BCUT2D eigenvalue weighted by Crippen LogP contribution is -2.38. The van der Waals surface area contributed by atoms with Gasteiger partial charge in [0, 0.05) is 18.8 Å². The second-order valence-corrected chi connectivity index (χ2v) is 7.71. The lowest BCUT2D eigenvalue weighted by molar-refractivity contribution is 0.0692. The molecule has 122 valence electrons. The molecular formula is C17H20ClN3OS. The number of thiazole rings is 1. The molecule has 0 spiro atoms. The number of amides is 1. The summed E-state index contributed by atoms with van der Waals surface area (Å²) in [6.45, 7) is 5.84. The summed E-state index contributed by atoms with van der Waals surface area (Å²) in [4.78, 5) is 18.9. The van der Waals surface area contributed by atoms with Crippen molar-refractivity contribution in [1.82, 2.24) is 9.88 Å². The quantitative estimate of drug-likeness (QED) is 0.871. The Labute approximate surface area is 145 Å². The van der Waals surface area contributed by atoms with E-state index in [0.717, 1.165) is 31.6 Å². The number of likely N-dealkylation sites (tertiary alicyclic amines) is 1. The molecule has 0 saturated carbocycles. The van der Waals surface area contributed by atoms with Gasteiger partial charge in [-0.05, 0) is 37.8 Å². The zero-order chi connectivity index (χ0) is 16.4. The number of halogens is 1. The Hall–Kier alpha value is -1.59. The number of nitrogens with zero attached hydrogens (tertiary/aromatic N) is 2. The van der Waals surface area contributed by atoms with Crippen molar-refractivity contribution in [2.45, 2.75) is 26.7 Å². The van der Waals surface area contributed by atoms with Crippen LogP contribution in [-0.2, 0) is 0 Å². The number of aromatic nitrogens is 1. The summed E-state index contributed by atoms with van der Waals surface area (Å²) in [6.07, 6.45) is 2.09. The van der Waals surface area contributed by atoms with Gasteiger partial charge < -0.3 is 10.2 Å². The summed E-state index contributed by atoms with van der Waals surface area (Å²) in [7, 11) is 0. The van der Waals surface area contributed by atoms with Gasteiger partial charge in [0.15, 0.2) is 10.8 Å². The number of anilines is 2. The first kappa shape index (κ1) is 16.3. The molecule has 1 aromatic carbocycles. The molecule has 1 aliphatic heterocycles. The summed E-state index contributed by atoms with van der Waals surface area (Å²) >= 11 is 7.55. The van der Waals surface area contributed by atoms with Crippen molar-refractivity contribution in [3.05, 3.63) is 39.9 Å². The van der Waals surface area contributed by atoms with E-state index in [4.69, 9.17) is 11.6 Å². The fraction of sp³-hybridized carbons (Fsp3) is 0.412. The third kappa shape index (κ3) is 3.85. The smallest absolute Gasteiger partial charge is 0.274 e. The first-order chi connectivity index (χ1) is 11.0. The highest BCUT2D eigenvalue weighted by molar-refractivity contribution is 7.19. The van der Waals surface area contributed by atoms with E-state index in [1.807, 2.05) is 36.1 Å². The summed E-state index contributed by atoms with van der Waals surface area (Å²) in [5.41, 5.74) is 2.50. The maximum absolute atomic E-state index is 12.6. The standard InChI is InChI=1S/C17H20ClN3OS/c1-11-3-5-13(6-4-11)19-17-20-14(15(18)23-17)16(22)21-9-7-12(2)8-10-21/h3-6,12H,7-10H2,1-2H3,(H,19,20). The molecule has 0 bridgehead atoms. The zero-order valence-electron chi connectivity index (χ0n) is 13.3. The molecule has 1 saturated heterocycles. The van der Waals surface area contributed by atoms with E-state index >= 15 is 0 Å². The SMILES string of the molecule is Cc1ccc(Nc2nc(C(=O)N3CCC(C)CC3)c(Cl)s2)cc1. The number of hydrogen-bond acceptors (Lipinski definition) is 4. The first-order valence-corrected chi connectivity index (χ1v) is 9.01. The van der Waals surface area contributed by atoms with Gasteiger partial charge in [-0.1, -0.05) is 47.6 Å². The molecule has 1 N–H and O–H groups in total. The van der Waals surface area contributed by atoms with E-state index in [0.29, 0.717) is 21.1 Å². The molecule has 0 aliphatic carbocycles. The Morgan fingerprint density at radius 2 is 1.96 bits per heavy atom. The van der Waals surface area contributed by atoms with Crippen molar-refractivity contribution in [2.75, 3.05) is 18.4 Å². The van der Waals surface area contributed by atoms with Crippen molar-refractivity contribution < 1.29 is 4.79 Å². The van der Waals surface area contributed by atoms with Crippen LogP contribution in [0.4, 0.5) is 10.8 Å². The fourth-order valence-corrected chi connectivity index (χ4v) is 3.66. The van der Waals surface area contributed by atoms with E-state index in [-0.39, 0.29) is 5.91 Å². The Morgan fingerprint density at radius 1 is 1.30 bits per heavy atom. The largest absolute Gasteiger partial charge is 0.337 e. The number of piperidine rings is 1. The third-order valence-electron chi connectivity index (χ3n) is 4.16. The molecule has 1 aliphatic rings. The summed E-state index contributed by atoms with van der Waals surface area (Å²) in [5.74, 6) is 0.624. The number of benzene rings is 1. The van der Waals surface area contributed by atoms with Gasteiger partial charge >= 0.3 is 0 Å². The molecule has 4 nitrogen and oxygen atoms in total. The summed E-state index contributed by atoms with van der Waals surface area (Å²) in [6, 6.07) is 8.02. The molecule has 6 heteroatoms. The second-order valence-electron chi connectivity index (χ2n) is 6.11. The minimum atomic E-state index is -0.0601. The zero-order valence-corrected chi connectivity index (χ0v) is 14.9. The van der Waals surface area contributed by atoms with Gasteiger partial charge in [-0.15, -0.1) is 0 Å². The minimum Gasteiger partial charge on any atom is -0.337 e. The molecule has 2 heterocycles. The lowest BCUT2D eigenvalue weighted by Gasteiger charge is -2.29. The summed E-state index contributed by atoms with van der Waals surface area (Å²) < 4.78 is 0.447. The number of nitrogens with one attached hydrogen (secondary N) is 1. The average Bonchev–Trinajstić information content (AvgIpc) is 2.90. The van der Waals surface area contributed by atoms with Crippen molar-refractivity contribution >= 4 is 39.7 Å². The Bertz CT molecular complexity index is 690. The predicted molar refractivity (Wildman–Crippen MR) is 95.9 cm³/mol. The van der Waals surface area contributed by atoms with Gasteiger partial charge in [-0.2, -0.15) is 0 Å². The number of rotatable bonds is 3. The topological polar surface area (TPSA) is 45.2 Å². The molecule has 0 unspecified atom stereocenters. The molecule has 3 rings (SSSR count). The number of aryl methyl sites for hydroxylation is 1. The van der Waals surface area contributed by atoms with Crippen LogP contribution in [0.3, 0.4) is 0 Å². The van der Waals surface area contributed by atoms with E-state index in [2.05, 4.69) is 17.2 Å². The van der Waals surface area contributed by atoms with E-state index < -0.39 is 0 Å². The van der Waals surface area contributed by atoms with E-state index in [1.165, 1.54) is 16.9 Å². The van der Waals surface area contributed by atoms with Crippen LogP contribution in [0.2, 0.25) is 4.34 Å². The fourth-order valence-electron chi connectivity index (χ4n) is 2.61. The Balaban J connectivity index is 1.72. The number of carbonyl (C=O) groups is 1. The van der Waals surface area contributed by atoms with Crippen molar-refractivity contribution in [3.63, 3.8) is 0 Å². The van der Waals surface area contributed by atoms with Crippen molar-refractivity contribution in [3.8, 4) is 0 Å². The molecular weight excluding hydrogens is 330 g/mol. The monoisotopic (exact) mass is 349 g/mol. The van der Waals surface area contributed by atoms with Gasteiger partial charge in [0.2, 0.25) is 0 Å². The predicted octanol–water partition coefficient (Wildman–Crippen LogP) is 4.72. The maximum Gasteiger partial charge on any atom is 0.274 e. The average molecular weight is 350 g/mol. The normalized spacial score (nSPS) is 15.7. The third-order valence-corrected chi connectivity index (χ3v) is 5.33. The molecule has 0 atom stereocenters. The van der Waals surface area contributed by atoms with Crippen LogP contribution in [-0.4, -0.2) is 28.9 Å². The van der Waals surface area contributed by atoms with Crippen LogP contribution in [0.15, 0.2) is 24.3 Å². The van der Waals surface area contributed by atoms with Crippen LogP contribution in [0.1, 0.15) is 35.8 Å². The first-order valence-electron chi connectivity index (χ1n) is 7.82. The summed E-state index contributed by atoms with van der Waals surface area (Å²) in [5, 5.41) is 3.86. The second kappa shape index (κ2) is 6.89. The molecule has 1 aromatic heterocycles. The molecule has 1 fully saturated rings. The highest BCUT2D eigenvalue weighted by Gasteiger charge is 2.25. The number of carbonyl (C=O) groups excluding carboxylic acids is 1. The maximum atomic E-state index is 12.6. The Morgan fingerprint density at radius 3 is 2.61 bits per heavy atom. The Kier molecular flexibility index (Phi) is 4.87. The number of hydrogen-bond donors (Lipinski definition) is 1. The molecule has 0 radical (unpaired) electrons. The van der Waals surface area contributed by atoms with E-state index in [9.17, 15) is 4.79 Å². The molecule has 1 amide bonds. The van der Waals surface area contributed by atoms with Gasteiger partial charge in [0.05, 0.1) is 0 Å². The molecule has 2 aromatic rings. The van der Waals surface area contributed by atoms with Gasteiger partial charge in [0.1, 0.15) is 4.34 Å².